The highest BCUT2D eigenvalue weighted by atomic mass is 19.1. The highest BCUT2D eigenvalue weighted by molar-refractivity contribution is 5.97. The molecular weight excluding hydrogens is 328 g/mol. The number of halogens is 2. The summed E-state index contributed by atoms with van der Waals surface area (Å²) in [5.41, 5.74) is 4.90. The Morgan fingerprint density at radius 1 is 0.769 bits per heavy atom. The second-order valence-electron chi connectivity index (χ2n) is 6.52. The molecular formula is C23H18F2N+. The lowest BCUT2D eigenvalue weighted by Crippen LogP contribution is -2.30. The zero-order chi connectivity index (χ0) is 18.3. The van der Waals surface area contributed by atoms with Gasteiger partial charge in [-0.15, -0.1) is 0 Å². The molecule has 0 unspecified atom stereocenters. The maximum absolute atomic E-state index is 14.4. The molecule has 0 radical (unpaired) electrons. The third-order valence-corrected chi connectivity index (χ3v) is 4.76. The minimum Gasteiger partial charge on any atom is -0.207 e. The van der Waals surface area contributed by atoms with E-state index in [0.29, 0.717) is 10.8 Å². The summed E-state index contributed by atoms with van der Waals surface area (Å²) in [7, 11) is 1.96. The van der Waals surface area contributed by atoms with Crippen molar-refractivity contribution < 1.29 is 13.3 Å². The first-order chi connectivity index (χ1) is 12.5. The number of aromatic nitrogens is 1. The largest absolute Gasteiger partial charge is 0.213 e. The Bertz CT molecular complexity index is 1120. The van der Waals surface area contributed by atoms with E-state index in [4.69, 9.17) is 0 Å². The maximum Gasteiger partial charge on any atom is 0.213 e. The van der Waals surface area contributed by atoms with E-state index in [9.17, 15) is 8.78 Å². The standard InChI is InChI=1S/C23H18F2N/c1-15-12-21(25)20-14-18(24)8-9-19(20)23(15)22-13-17(10-11-26(22)2)16-6-4-3-5-7-16/h3-14H,1-2H3/q+1. The number of nitrogens with zero attached hydrogens (tertiary/aromatic N) is 1. The van der Waals surface area contributed by atoms with Crippen LogP contribution in [0, 0.1) is 18.6 Å². The third-order valence-electron chi connectivity index (χ3n) is 4.76. The average molecular weight is 346 g/mol. The quantitative estimate of drug-likeness (QED) is 0.417. The van der Waals surface area contributed by atoms with Gasteiger partial charge in [-0.1, -0.05) is 36.4 Å². The van der Waals surface area contributed by atoms with Gasteiger partial charge >= 0.3 is 0 Å². The number of rotatable bonds is 2. The van der Waals surface area contributed by atoms with Gasteiger partial charge in [-0.05, 0) is 47.2 Å². The Morgan fingerprint density at radius 3 is 2.31 bits per heavy atom. The predicted octanol–water partition coefficient (Wildman–Crippen LogP) is 5.58. The van der Waals surface area contributed by atoms with Gasteiger partial charge in [0.2, 0.25) is 5.69 Å². The molecule has 3 heteroatoms. The lowest BCUT2D eigenvalue weighted by atomic mass is 9.94. The Morgan fingerprint density at radius 2 is 1.54 bits per heavy atom. The molecule has 0 bridgehead atoms. The number of fused-ring (bicyclic) bond motifs is 1. The zero-order valence-corrected chi connectivity index (χ0v) is 14.6. The van der Waals surface area contributed by atoms with Crippen molar-refractivity contribution in [3.63, 3.8) is 0 Å². The Labute approximate surface area is 151 Å². The van der Waals surface area contributed by atoms with Crippen molar-refractivity contribution in [3.05, 3.63) is 90.1 Å². The van der Waals surface area contributed by atoms with E-state index in [1.165, 1.54) is 18.2 Å². The van der Waals surface area contributed by atoms with Crippen LogP contribution in [0.5, 0.6) is 0 Å². The predicted molar refractivity (Wildman–Crippen MR) is 101 cm³/mol. The minimum atomic E-state index is -0.436. The van der Waals surface area contributed by atoms with Gasteiger partial charge in [0, 0.05) is 17.5 Å². The van der Waals surface area contributed by atoms with Gasteiger partial charge in [-0.25, -0.2) is 13.3 Å². The summed E-state index contributed by atoms with van der Waals surface area (Å²) in [6, 6.07) is 20.0. The van der Waals surface area contributed by atoms with Crippen LogP contribution in [0.2, 0.25) is 0 Å². The van der Waals surface area contributed by atoms with Gasteiger partial charge < -0.3 is 0 Å². The maximum atomic E-state index is 14.4. The van der Waals surface area contributed by atoms with Gasteiger partial charge in [0.05, 0.1) is 5.56 Å². The van der Waals surface area contributed by atoms with Crippen LogP contribution >= 0.6 is 0 Å². The van der Waals surface area contributed by atoms with Crippen LogP contribution in [-0.4, -0.2) is 0 Å². The molecule has 0 fully saturated rings. The van der Waals surface area contributed by atoms with E-state index in [-0.39, 0.29) is 0 Å². The minimum absolute atomic E-state index is 0.302. The van der Waals surface area contributed by atoms with E-state index in [1.807, 2.05) is 42.9 Å². The summed E-state index contributed by atoms with van der Waals surface area (Å²) in [4.78, 5) is 0. The molecule has 0 atom stereocenters. The van der Waals surface area contributed by atoms with Crippen LogP contribution in [0.3, 0.4) is 0 Å². The van der Waals surface area contributed by atoms with Crippen molar-refractivity contribution in [1.82, 2.24) is 0 Å². The topological polar surface area (TPSA) is 3.88 Å². The molecule has 0 aliphatic heterocycles. The van der Waals surface area contributed by atoms with Crippen molar-refractivity contribution >= 4 is 10.8 Å². The smallest absolute Gasteiger partial charge is 0.207 e. The first kappa shape index (κ1) is 16.4. The molecule has 4 rings (SSSR count). The molecule has 1 nitrogen and oxygen atoms in total. The Kier molecular flexibility index (Phi) is 4.00. The van der Waals surface area contributed by atoms with Crippen molar-refractivity contribution in [2.75, 3.05) is 0 Å². The lowest BCUT2D eigenvalue weighted by Gasteiger charge is -2.11. The lowest BCUT2D eigenvalue weighted by molar-refractivity contribution is -0.660. The third kappa shape index (κ3) is 2.76. The van der Waals surface area contributed by atoms with Crippen LogP contribution in [0.1, 0.15) is 5.56 Å². The van der Waals surface area contributed by atoms with Crippen molar-refractivity contribution in [2.45, 2.75) is 6.92 Å². The molecule has 0 saturated carbocycles. The van der Waals surface area contributed by atoms with Crippen LogP contribution < -0.4 is 4.57 Å². The number of hydrogen-bond acceptors (Lipinski definition) is 0. The van der Waals surface area contributed by atoms with E-state index in [2.05, 4.69) is 24.3 Å². The van der Waals surface area contributed by atoms with Gasteiger partial charge in [0.1, 0.15) is 18.7 Å². The normalized spacial score (nSPS) is 11.1. The summed E-state index contributed by atoms with van der Waals surface area (Å²) in [6.07, 6.45) is 2.00. The first-order valence-corrected chi connectivity index (χ1v) is 8.48. The first-order valence-electron chi connectivity index (χ1n) is 8.48. The molecule has 0 N–H and O–H groups in total. The SMILES string of the molecule is Cc1cc(F)c2cc(F)ccc2c1-c1cc(-c2ccccc2)cc[n+]1C. The summed E-state index contributed by atoms with van der Waals surface area (Å²) in [5.74, 6) is -0.837. The molecule has 0 aliphatic carbocycles. The molecule has 0 aliphatic rings. The second-order valence-corrected chi connectivity index (χ2v) is 6.52. The fourth-order valence-corrected chi connectivity index (χ4v) is 3.45. The van der Waals surface area contributed by atoms with E-state index < -0.39 is 11.6 Å². The Balaban J connectivity index is 2.02. The van der Waals surface area contributed by atoms with E-state index in [0.717, 1.165) is 27.9 Å². The van der Waals surface area contributed by atoms with Crippen LogP contribution in [0.15, 0.2) is 72.9 Å². The average Bonchev–Trinajstić information content (AvgIpc) is 2.64. The highest BCUT2D eigenvalue weighted by Crippen LogP contribution is 2.34. The van der Waals surface area contributed by atoms with Crippen LogP contribution in [-0.2, 0) is 7.05 Å². The summed E-state index contributed by atoms with van der Waals surface area (Å²) >= 11 is 0. The molecule has 26 heavy (non-hydrogen) atoms. The monoisotopic (exact) mass is 346 g/mol. The number of benzene rings is 3. The van der Waals surface area contributed by atoms with Crippen LogP contribution in [0.4, 0.5) is 8.78 Å². The molecule has 4 aromatic rings. The van der Waals surface area contributed by atoms with Crippen molar-refractivity contribution in [2.24, 2.45) is 7.05 Å². The molecule has 3 aromatic carbocycles. The second kappa shape index (κ2) is 6.34. The van der Waals surface area contributed by atoms with E-state index >= 15 is 0 Å². The van der Waals surface area contributed by atoms with E-state index in [1.54, 1.807) is 6.07 Å². The molecule has 0 saturated heterocycles. The molecule has 1 aromatic heterocycles. The highest BCUT2D eigenvalue weighted by Gasteiger charge is 2.19. The summed E-state index contributed by atoms with van der Waals surface area (Å²) in [6.45, 7) is 1.89. The molecule has 1 heterocycles. The van der Waals surface area contributed by atoms with Crippen molar-refractivity contribution in [3.8, 4) is 22.4 Å². The molecule has 128 valence electrons. The van der Waals surface area contributed by atoms with Gasteiger partial charge in [-0.3, -0.25) is 0 Å². The Hall–Kier alpha value is -3.07. The van der Waals surface area contributed by atoms with Gasteiger partial charge in [-0.2, -0.15) is 0 Å². The fourth-order valence-electron chi connectivity index (χ4n) is 3.45. The van der Waals surface area contributed by atoms with Crippen molar-refractivity contribution in [1.29, 1.82) is 0 Å². The summed E-state index contributed by atoms with van der Waals surface area (Å²) < 4.78 is 30.0. The van der Waals surface area contributed by atoms with Crippen LogP contribution in [0.25, 0.3) is 33.2 Å². The summed E-state index contributed by atoms with van der Waals surface area (Å²) in [5, 5.41) is 1.01. The van der Waals surface area contributed by atoms with Gasteiger partial charge in [0.15, 0.2) is 6.20 Å². The number of pyridine rings is 1. The zero-order valence-electron chi connectivity index (χ0n) is 14.6. The number of aryl methyl sites for hydroxylation is 2. The molecule has 0 spiro atoms. The van der Waals surface area contributed by atoms with Gasteiger partial charge in [0.25, 0.3) is 0 Å². The molecule has 0 amide bonds. The number of hydrogen-bond donors (Lipinski definition) is 0. The fraction of sp³-hybridized carbons (Fsp3) is 0.0870.